The Morgan fingerprint density at radius 1 is 1.25 bits per heavy atom. The number of likely N-dealkylation sites (tertiary alicyclic amines) is 2. The van der Waals surface area contributed by atoms with Gasteiger partial charge in [-0.2, -0.15) is 5.26 Å². The molecule has 2 heterocycles. The third kappa shape index (κ3) is 2.84. The average molecular weight is 273 g/mol. The van der Waals surface area contributed by atoms with Gasteiger partial charge in [-0.25, -0.2) is 4.39 Å². The molecule has 1 aromatic carbocycles. The van der Waals surface area contributed by atoms with E-state index < -0.39 is 0 Å². The minimum absolute atomic E-state index is 0.200. The molecule has 3 nitrogen and oxygen atoms in total. The highest BCUT2D eigenvalue weighted by Gasteiger charge is 2.29. The fraction of sp³-hybridized carbons (Fsp3) is 0.562. The minimum atomic E-state index is -0.200. The predicted molar refractivity (Wildman–Crippen MR) is 75.6 cm³/mol. The van der Waals surface area contributed by atoms with Gasteiger partial charge in [-0.3, -0.25) is 9.80 Å². The summed E-state index contributed by atoms with van der Waals surface area (Å²) in [5.41, 5.74) is 1.18. The van der Waals surface area contributed by atoms with E-state index in [-0.39, 0.29) is 5.82 Å². The van der Waals surface area contributed by atoms with Gasteiger partial charge in [0.1, 0.15) is 5.82 Å². The minimum Gasteiger partial charge on any atom is -0.299 e. The van der Waals surface area contributed by atoms with Crippen LogP contribution < -0.4 is 0 Å². The van der Waals surface area contributed by atoms with Gasteiger partial charge in [0.05, 0.1) is 11.6 Å². The number of rotatable bonds is 3. The molecule has 0 bridgehead atoms. The molecule has 1 atom stereocenters. The molecule has 0 aliphatic carbocycles. The Morgan fingerprint density at radius 3 is 2.80 bits per heavy atom. The first-order chi connectivity index (χ1) is 9.76. The monoisotopic (exact) mass is 273 g/mol. The summed E-state index contributed by atoms with van der Waals surface area (Å²) in [6, 6.07) is 7.34. The van der Waals surface area contributed by atoms with Crippen LogP contribution in [0, 0.1) is 17.1 Å². The zero-order chi connectivity index (χ0) is 13.9. The molecule has 106 valence electrons. The van der Waals surface area contributed by atoms with E-state index >= 15 is 0 Å². The zero-order valence-corrected chi connectivity index (χ0v) is 11.7. The van der Waals surface area contributed by atoms with E-state index in [2.05, 4.69) is 15.9 Å². The Morgan fingerprint density at radius 2 is 2.05 bits per heavy atom. The van der Waals surface area contributed by atoms with Gasteiger partial charge in [0.2, 0.25) is 0 Å². The molecule has 0 spiro atoms. The SMILES string of the molecule is N#Cc1ccc(F)c(CN2CCC(N3CCCC3)C2)c1. The molecular formula is C16H20FN3. The van der Waals surface area contributed by atoms with Gasteiger partial charge in [0, 0.05) is 31.2 Å². The normalized spacial score (nSPS) is 24.1. The van der Waals surface area contributed by atoms with E-state index in [0.29, 0.717) is 23.7 Å². The molecule has 2 aliphatic rings. The molecule has 0 saturated carbocycles. The van der Waals surface area contributed by atoms with Crippen molar-refractivity contribution in [3.05, 3.63) is 35.1 Å². The molecule has 0 amide bonds. The maximum atomic E-state index is 13.8. The first kappa shape index (κ1) is 13.5. The van der Waals surface area contributed by atoms with Gasteiger partial charge in [-0.1, -0.05) is 0 Å². The Hall–Kier alpha value is -1.44. The van der Waals surface area contributed by atoms with Crippen LogP contribution in [0.1, 0.15) is 30.4 Å². The van der Waals surface area contributed by atoms with Crippen LogP contribution >= 0.6 is 0 Å². The smallest absolute Gasteiger partial charge is 0.127 e. The van der Waals surface area contributed by atoms with E-state index in [4.69, 9.17) is 5.26 Å². The summed E-state index contributed by atoms with van der Waals surface area (Å²) < 4.78 is 13.8. The quantitative estimate of drug-likeness (QED) is 0.847. The van der Waals surface area contributed by atoms with Crippen LogP contribution in [-0.4, -0.2) is 42.0 Å². The topological polar surface area (TPSA) is 30.3 Å². The number of nitrogens with zero attached hydrogens (tertiary/aromatic N) is 3. The number of hydrogen-bond donors (Lipinski definition) is 0. The Balaban J connectivity index is 1.63. The summed E-state index contributed by atoms with van der Waals surface area (Å²) in [7, 11) is 0. The molecule has 2 fully saturated rings. The van der Waals surface area contributed by atoms with Crippen LogP contribution in [0.25, 0.3) is 0 Å². The van der Waals surface area contributed by atoms with Crippen molar-refractivity contribution in [3.8, 4) is 6.07 Å². The third-order valence-corrected chi connectivity index (χ3v) is 4.47. The summed E-state index contributed by atoms with van der Waals surface area (Å²) in [5.74, 6) is -0.200. The Bertz CT molecular complexity index is 517. The summed E-state index contributed by atoms with van der Waals surface area (Å²) in [6.07, 6.45) is 3.81. The van der Waals surface area contributed by atoms with E-state index in [9.17, 15) is 4.39 Å². The average Bonchev–Trinajstić information content (AvgIpc) is 3.12. The first-order valence-electron chi connectivity index (χ1n) is 7.41. The largest absolute Gasteiger partial charge is 0.299 e. The molecule has 0 aromatic heterocycles. The highest BCUT2D eigenvalue weighted by Crippen LogP contribution is 2.22. The molecule has 2 aliphatic heterocycles. The number of benzene rings is 1. The van der Waals surface area contributed by atoms with Gasteiger partial charge in [-0.05, 0) is 50.6 Å². The molecular weight excluding hydrogens is 253 g/mol. The van der Waals surface area contributed by atoms with E-state index in [1.807, 2.05) is 0 Å². The maximum absolute atomic E-state index is 13.8. The van der Waals surface area contributed by atoms with Crippen LogP contribution in [0.5, 0.6) is 0 Å². The van der Waals surface area contributed by atoms with E-state index in [1.165, 1.54) is 44.5 Å². The fourth-order valence-electron chi connectivity index (χ4n) is 3.37. The summed E-state index contributed by atoms with van der Waals surface area (Å²) >= 11 is 0. The molecule has 20 heavy (non-hydrogen) atoms. The highest BCUT2D eigenvalue weighted by molar-refractivity contribution is 5.33. The van der Waals surface area contributed by atoms with Gasteiger partial charge in [0.15, 0.2) is 0 Å². The lowest BCUT2D eigenvalue weighted by atomic mass is 10.1. The standard InChI is InChI=1S/C16H20FN3/c17-16-4-3-13(10-18)9-14(16)11-19-8-5-15(12-19)20-6-1-2-7-20/h3-4,9,15H,1-2,5-8,11-12H2. The summed E-state index contributed by atoms with van der Waals surface area (Å²) in [5, 5.41) is 8.91. The van der Waals surface area contributed by atoms with Crippen LogP contribution in [0.4, 0.5) is 4.39 Å². The highest BCUT2D eigenvalue weighted by atomic mass is 19.1. The number of hydrogen-bond acceptors (Lipinski definition) is 3. The van der Waals surface area contributed by atoms with E-state index in [1.54, 1.807) is 6.07 Å². The van der Waals surface area contributed by atoms with Gasteiger partial charge >= 0.3 is 0 Å². The van der Waals surface area contributed by atoms with E-state index in [0.717, 1.165) is 13.1 Å². The molecule has 1 unspecified atom stereocenters. The van der Waals surface area contributed by atoms with Crippen LogP contribution in [-0.2, 0) is 6.54 Å². The predicted octanol–water partition coefficient (Wildman–Crippen LogP) is 2.37. The second-order valence-electron chi connectivity index (χ2n) is 5.84. The number of halogens is 1. The lowest BCUT2D eigenvalue weighted by Gasteiger charge is -2.23. The summed E-state index contributed by atoms with van der Waals surface area (Å²) in [4.78, 5) is 4.88. The van der Waals surface area contributed by atoms with Crippen molar-refractivity contribution in [3.63, 3.8) is 0 Å². The Labute approximate surface area is 119 Å². The van der Waals surface area contributed by atoms with Crippen molar-refractivity contribution in [2.75, 3.05) is 26.2 Å². The van der Waals surface area contributed by atoms with Crippen LogP contribution in [0.15, 0.2) is 18.2 Å². The fourth-order valence-corrected chi connectivity index (χ4v) is 3.37. The second kappa shape index (κ2) is 5.90. The lowest BCUT2D eigenvalue weighted by Crippen LogP contribution is -2.35. The molecule has 2 saturated heterocycles. The molecule has 3 rings (SSSR count). The van der Waals surface area contributed by atoms with Crippen molar-refractivity contribution in [2.24, 2.45) is 0 Å². The van der Waals surface area contributed by atoms with Gasteiger partial charge in [-0.15, -0.1) is 0 Å². The molecule has 0 radical (unpaired) electrons. The van der Waals surface area contributed by atoms with Crippen LogP contribution in [0.3, 0.4) is 0 Å². The van der Waals surface area contributed by atoms with Gasteiger partial charge < -0.3 is 0 Å². The van der Waals surface area contributed by atoms with Crippen molar-refractivity contribution >= 4 is 0 Å². The second-order valence-corrected chi connectivity index (χ2v) is 5.84. The summed E-state index contributed by atoms with van der Waals surface area (Å²) in [6.45, 7) is 5.10. The Kier molecular flexibility index (Phi) is 4.00. The van der Waals surface area contributed by atoms with Crippen molar-refractivity contribution in [2.45, 2.75) is 31.8 Å². The number of nitriles is 1. The molecule has 0 N–H and O–H groups in total. The maximum Gasteiger partial charge on any atom is 0.127 e. The van der Waals surface area contributed by atoms with Crippen molar-refractivity contribution in [1.82, 2.24) is 9.80 Å². The van der Waals surface area contributed by atoms with Crippen molar-refractivity contribution in [1.29, 1.82) is 5.26 Å². The lowest BCUT2D eigenvalue weighted by molar-refractivity contribution is 0.229. The zero-order valence-electron chi connectivity index (χ0n) is 11.7. The molecule has 4 heteroatoms. The van der Waals surface area contributed by atoms with Crippen molar-refractivity contribution < 1.29 is 4.39 Å². The molecule has 1 aromatic rings. The van der Waals surface area contributed by atoms with Gasteiger partial charge in [0.25, 0.3) is 0 Å². The van der Waals surface area contributed by atoms with Crippen LogP contribution in [0.2, 0.25) is 0 Å². The first-order valence-corrected chi connectivity index (χ1v) is 7.41. The third-order valence-electron chi connectivity index (χ3n) is 4.47.